The van der Waals surface area contributed by atoms with E-state index in [1.165, 1.54) is 18.3 Å². The van der Waals surface area contributed by atoms with E-state index in [4.69, 9.17) is 9.47 Å². The molecule has 2 N–H and O–H groups in total. The predicted molar refractivity (Wildman–Crippen MR) is 85.8 cm³/mol. The molecular weight excluding hydrogens is 304 g/mol. The van der Waals surface area contributed by atoms with Gasteiger partial charge in [0.1, 0.15) is 0 Å². The molecule has 0 radical (unpaired) electrons. The normalized spacial score (nSPS) is 11.9. The SMILES string of the molecule is COCCOCCCNC(=O)C[C@H](NC(C)=O)c1cccs1. The van der Waals surface area contributed by atoms with Crippen LogP contribution in [0.4, 0.5) is 0 Å². The highest BCUT2D eigenvalue weighted by molar-refractivity contribution is 7.10. The van der Waals surface area contributed by atoms with E-state index in [2.05, 4.69) is 10.6 Å². The van der Waals surface area contributed by atoms with E-state index in [1.807, 2.05) is 17.5 Å². The van der Waals surface area contributed by atoms with Gasteiger partial charge in [-0.1, -0.05) is 6.07 Å². The van der Waals surface area contributed by atoms with E-state index in [-0.39, 0.29) is 24.3 Å². The van der Waals surface area contributed by atoms with Gasteiger partial charge in [-0.3, -0.25) is 9.59 Å². The summed E-state index contributed by atoms with van der Waals surface area (Å²) in [5, 5.41) is 7.58. The fraction of sp³-hybridized carbons (Fsp3) is 0.600. The third-order valence-electron chi connectivity index (χ3n) is 2.87. The van der Waals surface area contributed by atoms with E-state index in [0.717, 1.165) is 11.3 Å². The topological polar surface area (TPSA) is 76.7 Å². The predicted octanol–water partition coefficient (Wildman–Crippen LogP) is 1.48. The third kappa shape index (κ3) is 8.11. The number of ether oxygens (including phenoxy) is 2. The summed E-state index contributed by atoms with van der Waals surface area (Å²) in [5.74, 6) is -0.221. The molecule has 1 rings (SSSR count). The summed E-state index contributed by atoms with van der Waals surface area (Å²) in [5.41, 5.74) is 0. The lowest BCUT2D eigenvalue weighted by Crippen LogP contribution is -2.32. The molecule has 22 heavy (non-hydrogen) atoms. The average molecular weight is 328 g/mol. The standard InChI is InChI=1S/C15H24N2O4S/c1-12(18)17-13(14-5-3-10-22-14)11-15(19)16-6-4-7-21-9-8-20-2/h3,5,10,13H,4,6-9,11H2,1-2H3,(H,16,19)(H,17,18)/t13-/m0/s1. The number of hydrogen-bond acceptors (Lipinski definition) is 5. The van der Waals surface area contributed by atoms with Crippen LogP contribution in [0.2, 0.25) is 0 Å². The first kappa shape index (κ1) is 18.6. The first-order valence-electron chi connectivity index (χ1n) is 7.27. The van der Waals surface area contributed by atoms with E-state index in [9.17, 15) is 9.59 Å². The Labute approximate surface area is 135 Å². The number of hydrogen-bond donors (Lipinski definition) is 2. The lowest BCUT2D eigenvalue weighted by molar-refractivity contribution is -0.122. The van der Waals surface area contributed by atoms with Gasteiger partial charge in [-0.2, -0.15) is 0 Å². The van der Waals surface area contributed by atoms with Gasteiger partial charge in [-0.25, -0.2) is 0 Å². The number of rotatable bonds is 11. The van der Waals surface area contributed by atoms with Crippen LogP contribution in [0.1, 0.15) is 30.7 Å². The summed E-state index contributed by atoms with van der Waals surface area (Å²) >= 11 is 1.53. The summed E-state index contributed by atoms with van der Waals surface area (Å²) in [6.07, 6.45) is 0.990. The number of nitrogens with one attached hydrogen (secondary N) is 2. The molecule has 124 valence electrons. The van der Waals surface area contributed by atoms with Crippen LogP contribution in [-0.2, 0) is 19.1 Å². The van der Waals surface area contributed by atoms with Gasteiger partial charge in [0.25, 0.3) is 0 Å². The smallest absolute Gasteiger partial charge is 0.222 e. The first-order valence-corrected chi connectivity index (χ1v) is 8.15. The minimum Gasteiger partial charge on any atom is -0.382 e. The molecule has 0 saturated heterocycles. The van der Waals surface area contributed by atoms with Crippen LogP contribution in [0.3, 0.4) is 0 Å². The van der Waals surface area contributed by atoms with Crippen molar-refractivity contribution in [3.8, 4) is 0 Å². The molecule has 1 aromatic rings. The van der Waals surface area contributed by atoms with Crippen LogP contribution in [0.5, 0.6) is 0 Å². The molecule has 0 aliphatic rings. The molecule has 0 fully saturated rings. The Kier molecular flexibility index (Phi) is 9.45. The minimum atomic E-state index is -0.268. The van der Waals surface area contributed by atoms with Crippen molar-refractivity contribution in [1.29, 1.82) is 0 Å². The Bertz CT molecular complexity index is 437. The molecular formula is C15H24N2O4S. The van der Waals surface area contributed by atoms with Gasteiger partial charge < -0.3 is 20.1 Å². The Morgan fingerprint density at radius 1 is 1.32 bits per heavy atom. The summed E-state index contributed by atoms with van der Waals surface area (Å²) in [4.78, 5) is 24.2. The second kappa shape index (κ2) is 11.2. The number of methoxy groups -OCH3 is 1. The molecule has 0 unspecified atom stereocenters. The summed E-state index contributed by atoms with van der Waals surface area (Å²) in [6.45, 7) is 3.74. The fourth-order valence-corrected chi connectivity index (χ4v) is 2.64. The van der Waals surface area contributed by atoms with E-state index < -0.39 is 0 Å². The Morgan fingerprint density at radius 3 is 2.77 bits per heavy atom. The maximum absolute atomic E-state index is 11.9. The molecule has 0 bridgehead atoms. The Morgan fingerprint density at radius 2 is 2.14 bits per heavy atom. The first-order chi connectivity index (χ1) is 10.6. The zero-order valence-electron chi connectivity index (χ0n) is 13.1. The molecule has 0 aliphatic carbocycles. The lowest BCUT2D eigenvalue weighted by atomic mass is 10.1. The number of carbonyl (C=O) groups excluding carboxylic acids is 2. The van der Waals surface area contributed by atoms with E-state index in [0.29, 0.717) is 26.4 Å². The Balaban J connectivity index is 2.24. The summed E-state index contributed by atoms with van der Waals surface area (Å²) in [7, 11) is 1.63. The zero-order valence-corrected chi connectivity index (χ0v) is 13.9. The monoisotopic (exact) mass is 328 g/mol. The van der Waals surface area contributed by atoms with Crippen molar-refractivity contribution in [3.05, 3.63) is 22.4 Å². The molecule has 1 atom stereocenters. The van der Waals surface area contributed by atoms with Gasteiger partial charge in [0.15, 0.2) is 0 Å². The molecule has 0 aromatic carbocycles. The number of thiophene rings is 1. The van der Waals surface area contributed by atoms with Crippen molar-refractivity contribution in [2.75, 3.05) is 33.5 Å². The second-order valence-corrected chi connectivity index (χ2v) is 5.76. The molecule has 1 heterocycles. The highest BCUT2D eigenvalue weighted by Crippen LogP contribution is 2.21. The maximum atomic E-state index is 11.9. The number of amides is 2. The van der Waals surface area contributed by atoms with Crippen molar-refractivity contribution in [1.82, 2.24) is 10.6 Å². The highest BCUT2D eigenvalue weighted by atomic mass is 32.1. The molecule has 0 spiro atoms. The van der Waals surface area contributed by atoms with Crippen LogP contribution in [0.25, 0.3) is 0 Å². The zero-order chi connectivity index (χ0) is 16.2. The van der Waals surface area contributed by atoms with Crippen molar-refractivity contribution < 1.29 is 19.1 Å². The quantitative estimate of drug-likeness (QED) is 0.603. The third-order valence-corrected chi connectivity index (χ3v) is 3.86. The molecule has 0 saturated carbocycles. The molecule has 0 aliphatic heterocycles. The van der Waals surface area contributed by atoms with Gasteiger partial charge in [0, 0.05) is 32.1 Å². The molecule has 6 nitrogen and oxygen atoms in total. The van der Waals surface area contributed by atoms with Gasteiger partial charge in [0.05, 0.1) is 25.7 Å². The molecule has 1 aromatic heterocycles. The second-order valence-electron chi connectivity index (χ2n) is 4.78. The van der Waals surface area contributed by atoms with Crippen molar-refractivity contribution in [2.24, 2.45) is 0 Å². The fourth-order valence-electron chi connectivity index (χ4n) is 1.86. The average Bonchev–Trinajstić information content (AvgIpc) is 2.99. The minimum absolute atomic E-state index is 0.0796. The van der Waals surface area contributed by atoms with Crippen molar-refractivity contribution in [2.45, 2.75) is 25.8 Å². The van der Waals surface area contributed by atoms with Gasteiger partial charge in [-0.05, 0) is 17.9 Å². The molecule has 2 amide bonds. The summed E-state index contributed by atoms with van der Waals surface area (Å²) < 4.78 is 10.2. The van der Waals surface area contributed by atoms with Gasteiger partial charge in [-0.15, -0.1) is 11.3 Å². The highest BCUT2D eigenvalue weighted by Gasteiger charge is 2.17. The Hall–Kier alpha value is -1.44. The largest absolute Gasteiger partial charge is 0.382 e. The van der Waals surface area contributed by atoms with Gasteiger partial charge in [0.2, 0.25) is 11.8 Å². The van der Waals surface area contributed by atoms with Gasteiger partial charge >= 0.3 is 0 Å². The van der Waals surface area contributed by atoms with Crippen LogP contribution < -0.4 is 10.6 Å². The lowest BCUT2D eigenvalue weighted by Gasteiger charge is -2.16. The van der Waals surface area contributed by atoms with Crippen molar-refractivity contribution in [3.63, 3.8) is 0 Å². The summed E-state index contributed by atoms with van der Waals surface area (Å²) in [6, 6.07) is 3.56. The van der Waals surface area contributed by atoms with Crippen LogP contribution in [-0.4, -0.2) is 45.3 Å². The number of carbonyl (C=O) groups is 2. The van der Waals surface area contributed by atoms with E-state index >= 15 is 0 Å². The van der Waals surface area contributed by atoms with Crippen LogP contribution in [0, 0.1) is 0 Å². The maximum Gasteiger partial charge on any atom is 0.222 e. The van der Waals surface area contributed by atoms with E-state index in [1.54, 1.807) is 7.11 Å². The van der Waals surface area contributed by atoms with Crippen LogP contribution >= 0.6 is 11.3 Å². The van der Waals surface area contributed by atoms with Crippen molar-refractivity contribution >= 4 is 23.2 Å². The van der Waals surface area contributed by atoms with Crippen LogP contribution in [0.15, 0.2) is 17.5 Å². The molecule has 7 heteroatoms.